The molecule has 3 amide bonds. The fourth-order valence-electron chi connectivity index (χ4n) is 4.72. The van der Waals surface area contributed by atoms with Gasteiger partial charge in [0.2, 0.25) is 0 Å². The highest BCUT2D eigenvalue weighted by Crippen LogP contribution is 2.37. The molecule has 0 aromatic carbocycles. The molecule has 2 N–H and O–H groups in total. The van der Waals surface area contributed by atoms with E-state index in [2.05, 4.69) is 27.7 Å². The second kappa shape index (κ2) is 17.1. The third-order valence-corrected chi connectivity index (χ3v) is 11.3. The van der Waals surface area contributed by atoms with Gasteiger partial charge in [0.1, 0.15) is 24.9 Å². The van der Waals surface area contributed by atoms with Gasteiger partial charge in [-0.3, -0.25) is 19.3 Å². The van der Waals surface area contributed by atoms with Crippen LogP contribution in [0.5, 0.6) is 0 Å². The van der Waals surface area contributed by atoms with Crippen molar-refractivity contribution in [1.82, 2.24) is 9.80 Å². The van der Waals surface area contributed by atoms with Crippen LogP contribution in [-0.4, -0.2) is 98.4 Å². The summed E-state index contributed by atoms with van der Waals surface area (Å²) >= 11 is 0. The van der Waals surface area contributed by atoms with Gasteiger partial charge in [-0.25, -0.2) is 4.79 Å². The maximum atomic E-state index is 13.2. The number of carbonyl (C=O) groups excluding carboxylic acids is 4. The number of rotatable bonds is 20. The molecule has 1 saturated heterocycles. The summed E-state index contributed by atoms with van der Waals surface area (Å²) in [7, 11) is 2.87. The van der Waals surface area contributed by atoms with Gasteiger partial charge >= 0.3 is 18.0 Å². The molecule has 42 heavy (non-hydrogen) atoms. The quantitative estimate of drug-likeness (QED) is 0.0812. The number of β-amino-alcohol motifs (C(OH)–C–C–N with tert-alkyl or cyclic N) is 1. The molecular weight excluding hydrogens is 580 g/mol. The van der Waals surface area contributed by atoms with E-state index in [1.807, 2.05) is 20.8 Å². The molecule has 0 aromatic heterocycles. The van der Waals surface area contributed by atoms with Crippen LogP contribution in [-0.2, 0) is 23.9 Å². The molecule has 0 radical (unpaired) electrons. The van der Waals surface area contributed by atoms with E-state index in [1.165, 1.54) is 31.4 Å². The molecular formula is C30H54N2O8S2. The first-order valence-electron chi connectivity index (χ1n) is 15.1. The zero-order valence-corrected chi connectivity index (χ0v) is 28.7. The predicted octanol–water partition coefficient (Wildman–Crippen LogP) is 5.04. The zero-order valence-electron chi connectivity index (χ0n) is 27.1. The minimum Gasteiger partial charge on any atom is -0.463 e. The van der Waals surface area contributed by atoms with Crippen molar-refractivity contribution in [2.45, 2.75) is 124 Å². The van der Waals surface area contributed by atoms with Crippen LogP contribution < -0.4 is 0 Å². The molecule has 1 aliphatic heterocycles. The third-order valence-electron chi connectivity index (χ3n) is 8.92. The average Bonchev–Trinajstić information content (AvgIpc) is 3.11. The molecule has 0 spiro atoms. The molecule has 3 unspecified atom stereocenters. The number of nitrogens with zero attached hydrogens (tertiary/aromatic N) is 2. The van der Waals surface area contributed by atoms with Crippen LogP contribution in [0.3, 0.4) is 0 Å². The maximum Gasteiger partial charge on any atom is 0.328 e. The monoisotopic (exact) mass is 634 g/mol. The van der Waals surface area contributed by atoms with Crippen LogP contribution >= 0.6 is 21.6 Å². The molecule has 1 rings (SSSR count). The van der Waals surface area contributed by atoms with Crippen LogP contribution in [0.1, 0.15) is 101 Å². The highest BCUT2D eigenvalue weighted by atomic mass is 33.1. The number of imide groups is 1. The molecule has 0 aromatic rings. The summed E-state index contributed by atoms with van der Waals surface area (Å²) in [6.07, 6.45) is 1.26. The Kier molecular flexibility index (Phi) is 15.7. The maximum absolute atomic E-state index is 13.2. The van der Waals surface area contributed by atoms with Gasteiger partial charge in [-0.1, -0.05) is 69.6 Å². The van der Waals surface area contributed by atoms with E-state index >= 15 is 0 Å². The Balaban J connectivity index is 2.31. The van der Waals surface area contributed by atoms with Gasteiger partial charge in [0.25, 0.3) is 5.91 Å². The number of aliphatic hydroxyl groups is 2. The zero-order chi connectivity index (χ0) is 32.3. The number of hydrogen-bond donors (Lipinski definition) is 2. The number of carbonyl (C=O) groups is 4. The summed E-state index contributed by atoms with van der Waals surface area (Å²) in [6.45, 7) is 17.1. The smallest absolute Gasteiger partial charge is 0.328 e. The number of amides is 3. The Bertz CT molecular complexity index is 912. The van der Waals surface area contributed by atoms with Gasteiger partial charge in [-0.05, 0) is 51.4 Å². The van der Waals surface area contributed by atoms with Crippen molar-refractivity contribution in [2.75, 3.05) is 31.3 Å². The van der Waals surface area contributed by atoms with Crippen molar-refractivity contribution in [1.29, 1.82) is 0 Å². The van der Waals surface area contributed by atoms with E-state index in [4.69, 9.17) is 9.47 Å². The summed E-state index contributed by atoms with van der Waals surface area (Å²) in [4.78, 5) is 53.0. The SMILES string of the molecule is CCC(C)(CC(O)COC(=O)CCSSCCC(=O)OCC(O)CN1C(=O)N(C(C)(CC)CC)C(=O)C1(C)C)C(C)C. The molecule has 0 saturated carbocycles. The van der Waals surface area contributed by atoms with Gasteiger partial charge < -0.3 is 24.6 Å². The first-order valence-corrected chi connectivity index (χ1v) is 17.6. The normalized spacial score (nSPS) is 18.3. The number of ether oxygens (including phenoxy) is 2. The van der Waals surface area contributed by atoms with Crippen LogP contribution in [0.25, 0.3) is 0 Å². The van der Waals surface area contributed by atoms with E-state index in [0.717, 1.165) is 6.42 Å². The summed E-state index contributed by atoms with van der Waals surface area (Å²) < 4.78 is 10.4. The van der Waals surface area contributed by atoms with E-state index in [0.29, 0.717) is 36.7 Å². The average molecular weight is 635 g/mol. The molecule has 0 aliphatic carbocycles. The van der Waals surface area contributed by atoms with Crippen molar-refractivity contribution in [3.8, 4) is 0 Å². The number of esters is 2. The van der Waals surface area contributed by atoms with Gasteiger partial charge in [0.15, 0.2) is 0 Å². The summed E-state index contributed by atoms with van der Waals surface area (Å²) in [5.74, 6) is 0.243. The minimum absolute atomic E-state index is 0.00485. The lowest BCUT2D eigenvalue weighted by Crippen LogP contribution is -2.50. The first-order chi connectivity index (χ1) is 19.5. The van der Waals surface area contributed by atoms with Crippen molar-refractivity contribution >= 4 is 45.5 Å². The van der Waals surface area contributed by atoms with Gasteiger partial charge in [0, 0.05) is 17.0 Å². The van der Waals surface area contributed by atoms with Crippen LogP contribution in [0.15, 0.2) is 0 Å². The fourth-order valence-corrected chi connectivity index (χ4v) is 6.67. The van der Waals surface area contributed by atoms with Crippen molar-refractivity contribution in [2.24, 2.45) is 11.3 Å². The number of aliphatic hydroxyl groups excluding tert-OH is 2. The Hall–Kier alpha value is -1.50. The largest absolute Gasteiger partial charge is 0.463 e. The van der Waals surface area contributed by atoms with Gasteiger partial charge in [-0.2, -0.15) is 0 Å². The molecule has 3 atom stereocenters. The molecule has 1 fully saturated rings. The van der Waals surface area contributed by atoms with E-state index < -0.39 is 35.3 Å². The van der Waals surface area contributed by atoms with E-state index in [9.17, 15) is 29.4 Å². The second-order valence-corrected chi connectivity index (χ2v) is 15.2. The van der Waals surface area contributed by atoms with E-state index in [-0.39, 0.29) is 49.9 Å². The Morgan fingerprint density at radius 2 is 1.36 bits per heavy atom. The molecule has 1 heterocycles. The minimum atomic E-state index is -1.13. The first kappa shape index (κ1) is 38.5. The Morgan fingerprint density at radius 3 is 1.79 bits per heavy atom. The van der Waals surface area contributed by atoms with Crippen molar-refractivity contribution in [3.63, 3.8) is 0 Å². The standard InChI is InChI=1S/C30H54N2O8S2/c1-10-29(8,21(4)5)17-22(33)19-39-24(35)13-15-41-42-16-14-25(36)40-20-23(34)18-31-27(38)32(26(37)28(31,6)7)30(9,11-2)12-3/h21-23,33-34H,10-20H2,1-9H3. The summed E-state index contributed by atoms with van der Waals surface area (Å²) in [5, 5.41) is 20.8. The van der Waals surface area contributed by atoms with Crippen molar-refractivity contribution in [3.05, 3.63) is 0 Å². The summed E-state index contributed by atoms with van der Waals surface area (Å²) in [5.41, 5.74) is -1.73. The van der Waals surface area contributed by atoms with Crippen LogP contribution in [0.2, 0.25) is 0 Å². The highest BCUT2D eigenvalue weighted by molar-refractivity contribution is 8.76. The molecule has 10 nitrogen and oxygen atoms in total. The Morgan fingerprint density at radius 1 is 0.881 bits per heavy atom. The summed E-state index contributed by atoms with van der Waals surface area (Å²) in [6, 6.07) is -0.444. The van der Waals surface area contributed by atoms with Gasteiger partial charge in [-0.15, -0.1) is 0 Å². The predicted molar refractivity (Wildman–Crippen MR) is 168 cm³/mol. The van der Waals surface area contributed by atoms with Crippen LogP contribution in [0.4, 0.5) is 4.79 Å². The Labute approximate surface area is 260 Å². The fraction of sp³-hybridized carbons (Fsp3) is 0.867. The lowest BCUT2D eigenvalue weighted by atomic mass is 9.73. The third kappa shape index (κ3) is 10.6. The number of urea groups is 1. The second-order valence-electron chi connectivity index (χ2n) is 12.5. The topological polar surface area (TPSA) is 134 Å². The molecule has 244 valence electrons. The van der Waals surface area contributed by atoms with E-state index in [1.54, 1.807) is 13.8 Å². The number of hydrogen-bond acceptors (Lipinski definition) is 10. The highest BCUT2D eigenvalue weighted by Gasteiger charge is 2.56. The lowest BCUT2D eigenvalue weighted by Gasteiger charge is -2.35. The molecule has 12 heteroatoms. The molecule has 0 bridgehead atoms. The molecule has 1 aliphatic rings. The van der Waals surface area contributed by atoms with Crippen molar-refractivity contribution < 1.29 is 38.9 Å². The van der Waals surface area contributed by atoms with Gasteiger partial charge in [0.05, 0.1) is 25.5 Å². The lowest BCUT2D eigenvalue weighted by molar-refractivity contribution is -0.147. The van der Waals surface area contributed by atoms with Crippen LogP contribution in [0, 0.1) is 11.3 Å².